The first-order valence-electron chi connectivity index (χ1n) is 8.01. The van der Waals surface area contributed by atoms with Crippen molar-refractivity contribution in [3.63, 3.8) is 0 Å². The van der Waals surface area contributed by atoms with Crippen LogP contribution >= 0.6 is 0 Å². The second kappa shape index (κ2) is 8.41. The highest BCUT2D eigenvalue weighted by Gasteiger charge is 2.14. The van der Waals surface area contributed by atoms with Crippen molar-refractivity contribution >= 4 is 11.9 Å². The Morgan fingerprint density at radius 3 is 2.73 bits per heavy atom. The Kier molecular flexibility index (Phi) is 6.25. The number of carbonyl (C=O) groups excluding carboxylic acids is 1. The summed E-state index contributed by atoms with van der Waals surface area (Å²) in [6, 6.07) is 8.15. The smallest absolute Gasteiger partial charge is 0.251 e. The maximum absolute atomic E-state index is 11.7. The monoisotopic (exact) mass is 302 g/mol. The number of hydrogen-bond acceptors (Lipinski definition) is 2. The first kappa shape index (κ1) is 16.3. The first-order chi connectivity index (χ1) is 10.7. The van der Waals surface area contributed by atoms with Gasteiger partial charge in [-0.2, -0.15) is 0 Å². The van der Waals surface area contributed by atoms with Gasteiger partial charge in [0, 0.05) is 32.2 Å². The van der Waals surface area contributed by atoms with Crippen molar-refractivity contribution in [2.24, 2.45) is 4.99 Å². The molecule has 0 bridgehead atoms. The molecule has 5 heteroatoms. The predicted octanol–water partition coefficient (Wildman–Crippen LogP) is 2.04. The van der Waals surface area contributed by atoms with E-state index in [0.29, 0.717) is 18.2 Å². The van der Waals surface area contributed by atoms with E-state index in [0.717, 1.165) is 11.5 Å². The van der Waals surface area contributed by atoms with Crippen molar-refractivity contribution in [1.29, 1.82) is 0 Å². The summed E-state index contributed by atoms with van der Waals surface area (Å²) in [7, 11) is 3.43. The molecule has 1 aliphatic rings. The summed E-state index contributed by atoms with van der Waals surface area (Å²) >= 11 is 0. The van der Waals surface area contributed by atoms with Crippen LogP contribution < -0.4 is 16.0 Å². The highest BCUT2D eigenvalue weighted by molar-refractivity contribution is 5.94. The quantitative estimate of drug-likeness (QED) is 0.589. The molecule has 1 aromatic carbocycles. The van der Waals surface area contributed by atoms with Crippen LogP contribution in [0.2, 0.25) is 0 Å². The zero-order chi connectivity index (χ0) is 15.8. The molecule has 1 amide bonds. The fraction of sp³-hybridized carbons (Fsp3) is 0.529. The average Bonchev–Trinajstić information content (AvgIpc) is 2.59. The average molecular weight is 302 g/mol. The Balaban J connectivity index is 1.88. The minimum Gasteiger partial charge on any atom is -0.355 e. The third-order valence-corrected chi connectivity index (χ3v) is 4.05. The summed E-state index contributed by atoms with van der Waals surface area (Å²) in [6.45, 7) is 0.650. The number of benzene rings is 1. The molecular weight excluding hydrogens is 276 g/mol. The van der Waals surface area contributed by atoms with Gasteiger partial charge < -0.3 is 16.0 Å². The van der Waals surface area contributed by atoms with E-state index in [1.54, 1.807) is 14.1 Å². The number of aliphatic imine (C=N–C) groups is 1. The van der Waals surface area contributed by atoms with Crippen LogP contribution in [-0.4, -0.2) is 32.0 Å². The van der Waals surface area contributed by atoms with Crippen molar-refractivity contribution in [2.75, 3.05) is 14.1 Å². The van der Waals surface area contributed by atoms with Gasteiger partial charge in [0.2, 0.25) is 0 Å². The van der Waals surface area contributed by atoms with E-state index < -0.39 is 0 Å². The molecule has 22 heavy (non-hydrogen) atoms. The number of nitrogens with one attached hydrogen (secondary N) is 3. The molecule has 1 saturated carbocycles. The molecule has 1 fully saturated rings. The summed E-state index contributed by atoms with van der Waals surface area (Å²) in [5.41, 5.74) is 1.74. The van der Waals surface area contributed by atoms with Crippen molar-refractivity contribution in [1.82, 2.24) is 16.0 Å². The molecule has 0 atom stereocenters. The summed E-state index contributed by atoms with van der Waals surface area (Å²) < 4.78 is 0. The fourth-order valence-corrected chi connectivity index (χ4v) is 2.79. The summed E-state index contributed by atoms with van der Waals surface area (Å²) in [4.78, 5) is 15.9. The summed E-state index contributed by atoms with van der Waals surface area (Å²) in [6.07, 6.45) is 6.36. The molecule has 2 rings (SSSR count). The highest BCUT2D eigenvalue weighted by atomic mass is 16.1. The van der Waals surface area contributed by atoms with E-state index >= 15 is 0 Å². The van der Waals surface area contributed by atoms with E-state index in [4.69, 9.17) is 0 Å². The van der Waals surface area contributed by atoms with Crippen LogP contribution in [0.15, 0.2) is 29.3 Å². The second-order valence-electron chi connectivity index (χ2n) is 5.68. The van der Waals surface area contributed by atoms with Gasteiger partial charge >= 0.3 is 0 Å². The topological polar surface area (TPSA) is 65.5 Å². The van der Waals surface area contributed by atoms with Crippen molar-refractivity contribution < 1.29 is 4.79 Å². The maximum Gasteiger partial charge on any atom is 0.251 e. The molecule has 120 valence electrons. The zero-order valence-corrected chi connectivity index (χ0v) is 13.5. The number of hydrogen-bond donors (Lipinski definition) is 3. The summed E-state index contributed by atoms with van der Waals surface area (Å²) in [5, 5.41) is 9.45. The maximum atomic E-state index is 11.7. The highest BCUT2D eigenvalue weighted by Crippen LogP contribution is 2.17. The first-order valence-corrected chi connectivity index (χ1v) is 8.01. The normalized spacial score (nSPS) is 16.2. The van der Waals surface area contributed by atoms with Gasteiger partial charge in [-0.1, -0.05) is 31.4 Å². The molecule has 5 nitrogen and oxygen atoms in total. The van der Waals surface area contributed by atoms with Crippen molar-refractivity contribution in [2.45, 2.75) is 44.7 Å². The third kappa shape index (κ3) is 4.76. The van der Waals surface area contributed by atoms with Crippen LogP contribution in [-0.2, 0) is 6.54 Å². The number of nitrogens with zero attached hydrogens (tertiary/aromatic N) is 1. The van der Waals surface area contributed by atoms with Gasteiger partial charge in [-0.05, 0) is 30.5 Å². The molecule has 1 aromatic rings. The lowest BCUT2D eigenvalue weighted by molar-refractivity contribution is 0.0963. The Hall–Kier alpha value is -2.04. The van der Waals surface area contributed by atoms with Gasteiger partial charge in [-0.15, -0.1) is 0 Å². The van der Waals surface area contributed by atoms with Crippen LogP contribution in [0, 0.1) is 0 Å². The van der Waals surface area contributed by atoms with Gasteiger partial charge in [0.25, 0.3) is 5.91 Å². The Morgan fingerprint density at radius 1 is 1.27 bits per heavy atom. The molecule has 0 unspecified atom stereocenters. The SMILES string of the molecule is CN=C(NCc1cccc(C(=O)NC)c1)NC1CCCCC1. The molecule has 0 heterocycles. The molecule has 0 radical (unpaired) electrons. The van der Waals surface area contributed by atoms with E-state index in [-0.39, 0.29) is 5.91 Å². The van der Waals surface area contributed by atoms with Crippen LogP contribution in [0.1, 0.15) is 48.0 Å². The minimum absolute atomic E-state index is 0.0634. The van der Waals surface area contributed by atoms with Crippen LogP contribution in [0.4, 0.5) is 0 Å². The van der Waals surface area contributed by atoms with Crippen molar-refractivity contribution in [3.8, 4) is 0 Å². The lowest BCUT2D eigenvalue weighted by atomic mass is 9.96. The molecular formula is C17H26N4O. The molecule has 0 aromatic heterocycles. The van der Waals surface area contributed by atoms with Gasteiger partial charge in [-0.25, -0.2) is 0 Å². The van der Waals surface area contributed by atoms with Gasteiger partial charge in [0.15, 0.2) is 5.96 Å². The standard InChI is InChI=1S/C17H26N4O/c1-18-16(22)14-8-6-7-13(11-14)12-20-17(19-2)21-15-9-4-3-5-10-15/h6-8,11,15H,3-5,9-10,12H2,1-2H3,(H,18,22)(H2,19,20,21). The van der Waals surface area contributed by atoms with Crippen LogP contribution in [0.3, 0.4) is 0 Å². The Labute approximate surface area is 132 Å². The lowest BCUT2D eigenvalue weighted by Crippen LogP contribution is -2.43. The largest absolute Gasteiger partial charge is 0.355 e. The Morgan fingerprint density at radius 2 is 2.05 bits per heavy atom. The summed E-state index contributed by atoms with van der Waals surface area (Å²) in [5.74, 6) is 0.767. The second-order valence-corrected chi connectivity index (χ2v) is 5.68. The van der Waals surface area contributed by atoms with Gasteiger partial charge in [-0.3, -0.25) is 9.79 Å². The Bertz CT molecular complexity index is 521. The van der Waals surface area contributed by atoms with E-state index in [1.807, 2.05) is 24.3 Å². The molecule has 3 N–H and O–H groups in total. The molecule has 1 aliphatic carbocycles. The van der Waals surface area contributed by atoms with E-state index in [1.165, 1.54) is 32.1 Å². The third-order valence-electron chi connectivity index (χ3n) is 4.05. The van der Waals surface area contributed by atoms with Crippen LogP contribution in [0.25, 0.3) is 0 Å². The van der Waals surface area contributed by atoms with Crippen molar-refractivity contribution in [3.05, 3.63) is 35.4 Å². The fourth-order valence-electron chi connectivity index (χ4n) is 2.79. The number of carbonyl (C=O) groups is 1. The molecule has 0 saturated heterocycles. The number of rotatable bonds is 4. The molecule has 0 spiro atoms. The van der Waals surface area contributed by atoms with Gasteiger partial charge in [0.1, 0.15) is 0 Å². The predicted molar refractivity (Wildman–Crippen MR) is 90.0 cm³/mol. The van der Waals surface area contributed by atoms with Crippen LogP contribution in [0.5, 0.6) is 0 Å². The number of guanidine groups is 1. The lowest BCUT2D eigenvalue weighted by Gasteiger charge is -2.24. The number of amides is 1. The minimum atomic E-state index is -0.0634. The zero-order valence-electron chi connectivity index (χ0n) is 13.5. The van der Waals surface area contributed by atoms with E-state index in [9.17, 15) is 4.79 Å². The van der Waals surface area contributed by atoms with Gasteiger partial charge in [0.05, 0.1) is 0 Å². The van der Waals surface area contributed by atoms with E-state index in [2.05, 4.69) is 20.9 Å². The molecule has 0 aliphatic heterocycles.